The number of aromatic nitrogens is 2. The summed E-state index contributed by atoms with van der Waals surface area (Å²) in [6.45, 7) is -4.73. The molecule has 1 aromatic heterocycles. The Bertz CT molecular complexity index is 2500. The van der Waals surface area contributed by atoms with Gasteiger partial charge in [0.2, 0.25) is 0 Å². The minimum absolute atomic E-state index is 0.106. The van der Waals surface area contributed by atoms with E-state index in [1.165, 1.54) is 17.7 Å². The molecule has 0 saturated carbocycles. The van der Waals surface area contributed by atoms with Crippen molar-refractivity contribution in [3.8, 4) is 0 Å². The summed E-state index contributed by atoms with van der Waals surface area (Å²) in [4.78, 5) is 26.6. The lowest BCUT2D eigenvalue weighted by Crippen LogP contribution is -2.68. The van der Waals surface area contributed by atoms with E-state index in [1.54, 1.807) is 0 Å². The molecule has 14 bridgehead atoms. The number of hydrogen-bond donors (Lipinski definition) is 21. The van der Waals surface area contributed by atoms with Crippen LogP contribution in [0.2, 0.25) is 0 Å². The second-order valence-corrected chi connectivity index (χ2v) is 23.8. The Morgan fingerprint density at radius 1 is 0.360 bits per heavy atom. The molecule has 22 heterocycles. The van der Waals surface area contributed by atoms with Crippen molar-refractivity contribution in [2.45, 2.75) is 235 Å². The van der Waals surface area contributed by atoms with Gasteiger partial charge in [-0.3, -0.25) is 9.78 Å². The molecule has 21 N–H and O–H groups in total. The molecule has 21 saturated heterocycles. The second kappa shape index (κ2) is 30.6. The number of aromatic amines is 1. The summed E-state index contributed by atoms with van der Waals surface area (Å²) in [7, 11) is 0. The third-order valence-electron chi connectivity index (χ3n) is 16.8. The summed E-state index contributed by atoms with van der Waals surface area (Å²) in [6.07, 6.45) is -68.6. The van der Waals surface area contributed by atoms with Gasteiger partial charge >= 0.3 is 5.69 Å². The first-order valence-electron chi connectivity index (χ1n) is 28.6. The van der Waals surface area contributed by atoms with Gasteiger partial charge in [-0.05, 0) is 19.1 Å². The maximum Gasteiger partial charge on any atom is 0.328 e. The molecular formula is C50H80N2O36S. The SMILES string of the molecule is Cc1cn(CCCSCC2OC3OC4C(CO)OC(OC5C(CO)OC(OC6C(CO)OC(OC7C(CO)OC(OC8C(CO)OC(OC9C(CO)OC(OC2C(O)C3O)C(O)C9O)C(O)C8O)C(O)C7O)C(O)C6O)C(O)C5O)C(O)C4O)c(=O)[nH]c1=O. The van der Waals surface area contributed by atoms with Crippen LogP contribution in [0, 0.1) is 6.92 Å². The lowest BCUT2D eigenvalue weighted by atomic mass is 9.95. The lowest BCUT2D eigenvalue weighted by molar-refractivity contribution is -0.396. The number of aliphatic hydroxyl groups excluding tert-OH is 20. The molecule has 21 aliphatic rings. The van der Waals surface area contributed by atoms with E-state index >= 15 is 0 Å². The fourth-order valence-electron chi connectivity index (χ4n) is 11.7. The molecular weight excluding hydrogens is 1240 g/mol. The van der Waals surface area contributed by atoms with Crippen molar-refractivity contribution >= 4 is 11.8 Å². The second-order valence-electron chi connectivity index (χ2n) is 22.7. The number of H-pyrrole nitrogens is 1. The molecule has 89 heavy (non-hydrogen) atoms. The predicted molar refractivity (Wildman–Crippen MR) is 279 cm³/mol. The van der Waals surface area contributed by atoms with Crippen molar-refractivity contribution in [1.29, 1.82) is 0 Å². The Kier molecular flexibility index (Phi) is 24.4. The van der Waals surface area contributed by atoms with Crippen LogP contribution in [0.4, 0.5) is 0 Å². The molecule has 21 aliphatic heterocycles. The fourth-order valence-corrected chi connectivity index (χ4v) is 12.7. The monoisotopic (exact) mass is 1320 g/mol. The van der Waals surface area contributed by atoms with Crippen LogP contribution in [0.5, 0.6) is 0 Å². The summed E-state index contributed by atoms with van der Waals surface area (Å²) in [5, 5.41) is 224. The smallest absolute Gasteiger partial charge is 0.328 e. The van der Waals surface area contributed by atoms with Crippen molar-refractivity contribution in [1.82, 2.24) is 9.55 Å². The van der Waals surface area contributed by atoms with Gasteiger partial charge in [0, 0.05) is 24.1 Å². The molecule has 22 rings (SSSR count). The van der Waals surface area contributed by atoms with Crippen LogP contribution in [-0.4, -0.2) is 378 Å². The summed E-state index contributed by atoms with van der Waals surface area (Å²) in [6, 6.07) is 0. The minimum atomic E-state index is -2.23. The first-order chi connectivity index (χ1) is 42.4. The van der Waals surface area contributed by atoms with E-state index in [0.717, 1.165) is 11.8 Å². The fraction of sp³-hybridized carbons (Fsp3) is 0.920. The Hall–Kier alpha value is -2.33. The number of thioether (sulfide) groups is 1. The number of ether oxygens (including phenoxy) is 14. The average molecular weight is 1320 g/mol. The largest absolute Gasteiger partial charge is 0.394 e. The maximum absolute atomic E-state index is 12.5. The molecule has 35 unspecified atom stereocenters. The van der Waals surface area contributed by atoms with Gasteiger partial charge in [-0.2, -0.15) is 11.8 Å². The third-order valence-corrected chi connectivity index (χ3v) is 17.9. The molecule has 0 spiro atoms. The van der Waals surface area contributed by atoms with E-state index in [0.29, 0.717) is 0 Å². The number of nitrogens with zero attached hydrogens (tertiary/aromatic N) is 1. The normalized spacial score (nSPS) is 49.5. The van der Waals surface area contributed by atoms with Crippen molar-refractivity contribution < 1.29 is 168 Å². The Morgan fingerprint density at radius 2 is 0.584 bits per heavy atom. The van der Waals surface area contributed by atoms with Crippen LogP contribution >= 0.6 is 11.8 Å². The highest BCUT2D eigenvalue weighted by Gasteiger charge is 2.59. The van der Waals surface area contributed by atoms with Crippen molar-refractivity contribution in [3.63, 3.8) is 0 Å². The van der Waals surface area contributed by atoms with Gasteiger partial charge < -0.3 is 173 Å². The zero-order chi connectivity index (χ0) is 64.6. The first kappa shape index (κ1) is 71.0. The quantitative estimate of drug-likeness (QED) is 0.0864. The van der Waals surface area contributed by atoms with Crippen LogP contribution in [0.15, 0.2) is 15.8 Å². The number of rotatable bonds is 12. The zero-order valence-corrected chi connectivity index (χ0v) is 48.0. The zero-order valence-electron chi connectivity index (χ0n) is 47.2. The van der Waals surface area contributed by atoms with Crippen LogP contribution in [0.1, 0.15) is 12.0 Å². The van der Waals surface area contributed by atoms with Crippen LogP contribution in [0.3, 0.4) is 0 Å². The van der Waals surface area contributed by atoms with Crippen LogP contribution < -0.4 is 11.2 Å². The molecule has 0 aromatic carbocycles. The maximum atomic E-state index is 12.5. The van der Waals surface area contributed by atoms with Gasteiger partial charge in [-0.1, -0.05) is 0 Å². The van der Waals surface area contributed by atoms with E-state index in [2.05, 4.69) is 4.98 Å². The number of nitrogens with one attached hydrogen (secondary N) is 1. The Balaban J connectivity index is 1.00. The van der Waals surface area contributed by atoms with Gasteiger partial charge in [0.05, 0.1) is 45.7 Å². The third kappa shape index (κ3) is 14.7. The van der Waals surface area contributed by atoms with Gasteiger partial charge in [-0.15, -0.1) is 0 Å². The highest BCUT2D eigenvalue weighted by molar-refractivity contribution is 7.99. The van der Waals surface area contributed by atoms with E-state index < -0.39 is 266 Å². The summed E-state index contributed by atoms with van der Waals surface area (Å²) in [5.74, 6) is 0.0289. The summed E-state index contributed by atoms with van der Waals surface area (Å²) < 4.78 is 82.7. The van der Waals surface area contributed by atoms with Gasteiger partial charge in [0.15, 0.2) is 44.0 Å². The standard InChI is InChI=1S/C50H80N2O36S/c1-13-5-52(50(74)51-42(13)73)3-2-4-89-12-20-41-27(65)34(72)49(81-20)87-40-19(11-58)79-47(32(70)25(40)63)85-38-17(9-56)77-45(30(68)23(38)61)83-36-15(7-54)75-43(28(66)21(36)59)82-35-14(6-53)76-44(29(67)22(35)60)84-37-16(8-55)78-46(31(69)24(37)62)86-39-18(10-57)80-48(88-41)33(71)26(39)64/h5,14-41,43-49,53-72H,2-4,6-12H2,1H3,(H,51,73,74). The van der Waals surface area contributed by atoms with Crippen molar-refractivity contribution in [2.24, 2.45) is 0 Å². The topological polar surface area (TPSA) is 589 Å². The molecule has 0 aliphatic carbocycles. The van der Waals surface area contributed by atoms with Gasteiger partial charge in [0.25, 0.3) is 5.56 Å². The van der Waals surface area contributed by atoms with E-state index in [4.69, 9.17) is 66.3 Å². The molecule has 0 amide bonds. The highest BCUT2D eigenvalue weighted by atomic mass is 32.2. The Labute approximate surface area is 507 Å². The van der Waals surface area contributed by atoms with Crippen LogP contribution in [-0.2, 0) is 72.9 Å². The molecule has 38 nitrogen and oxygen atoms in total. The van der Waals surface area contributed by atoms with Crippen molar-refractivity contribution in [2.75, 3.05) is 51.1 Å². The van der Waals surface area contributed by atoms with Crippen molar-refractivity contribution in [3.05, 3.63) is 32.6 Å². The summed E-state index contributed by atoms with van der Waals surface area (Å²) in [5.41, 5.74) is -0.999. The van der Waals surface area contributed by atoms with E-state index in [-0.39, 0.29) is 30.0 Å². The van der Waals surface area contributed by atoms with Gasteiger partial charge in [-0.25, -0.2) is 4.79 Å². The van der Waals surface area contributed by atoms with E-state index in [9.17, 15) is 112 Å². The molecule has 21 fully saturated rings. The Morgan fingerprint density at radius 3 is 0.820 bits per heavy atom. The number of aliphatic hydroxyl groups is 20. The van der Waals surface area contributed by atoms with Gasteiger partial charge in [0.1, 0.15) is 165 Å². The minimum Gasteiger partial charge on any atom is -0.394 e. The average Bonchev–Trinajstić information content (AvgIpc) is 1.86. The molecule has 1 aromatic rings. The first-order valence-corrected chi connectivity index (χ1v) is 29.8. The highest BCUT2D eigenvalue weighted by Crippen LogP contribution is 2.39. The predicted octanol–water partition coefficient (Wildman–Crippen LogP) is -14.2. The summed E-state index contributed by atoms with van der Waals surface area (Å²) >= 11 is 1.12. The van der Waals surface area contributed by atoms with E-state index in [1.807, 2.05) is 0 Å². The van der Waals surface area contributed by atoms with Crippen LogP contribution in [0.25, 0.3) is 0 Å². The lowest BCUT2D eigenvalue weighted by Gasteiger charge is -2.50. The molecule has 35 atom stereocenters. The molecule has 512 valence electrons. The number of hydrogen-bond acceptors (Lipinski definition) is 37. The number of aryl methyl sites for hydroxylation is 2. The molecule has 39 heteroatoms. The molecule has 0 radical (unpaired) electrons.